The molecule has 2 aliphatic rings. The molecule has 1 saturated heterocycles. The van der Waals surface area contributed by atoms with E-state index in [4.69, 9.17) is 20.7 Å². The van der Waals surface area contributed by atoms with E-state index in [-0.39, 0.29) is 23.2 Å². The van der Waals surface area contributed by atoms with Crippen molar-refractivity contribution in [3.05, 3.63) is 64.8 Å². The first-order valence-electron chi connectivity index (χ1n) is 14.1. The Labute approximate surface area is 236 Å². The van der Waals surface area contributed by atoms with E-state index in [1.807, 2.05) is 45.0 Å². The molecule has 1 saturated carbocycles. The summed E-state index contributed by atoms with van der Waals surface area (Å²) in [6.45, 7) is 9.19. The normalized spacial score (nSPS) is 19.1. The Morgan fingerprint density at radius 1 is 1.25 bits per heavy atom. The van der Waals surface area contributed by atoms with Gasteiger partial charge in [0, 0.05) is 41.7 Å². The van der Waals surface area contributed by atoms with Gasteiger partial charge in [-0.3, -0.25) is 4.79 Å². The van der Waals surface area contributed by atoms with Gasteiger partial charge in [-0.2, -0.15) is 0 Å². The van der Waals surface area contributed by atoms with Gasteiger partial charge in [0.1, 0.15) is 17.4 Å². The average Bonchev–Trinajstić information content (AvgIpc) is 3.37. The maximum atomic E-state index is 11.6. The fraction of sp³-hybridized carbons (Fsp3) is 0.484. The van der Waals surface area contributed by atoms with Crippen LogP contribution in [0, 0.1) is 11.3 Å². The number of benzene rings is 1. The third-order valence-corrected chi connectivity index (χ3v) is 8.17. The average molecular weight is 551 g/mol. The van der Waals surface area contributed by atoms with Crippen LogP contribution < -0.4 is 21.1 Å². The second kappa shape index (κ2) is 12.1. The number of aliphatic hydroxyl groups is 1. The minimum absolute atomic E-state index is 0.0812. The topological polar surface area (TPSA) is 148 Å². The first kappa shape index (κ1) is 29.1. The van der Waals surface area contributed by atoms with Crippen LogP contribution in [0.4, 0.5) is 11.5 Å². The third-order valence-electron chi connectivity index (χ3n) is 8.17. The van der Waals surface area contributed by atoms with Crippen molar-refractivity contribution in [2.24, 2.45) is 17.1 Å². The molecule has 1 atom stereocenters. The van der Waals surface area contributed by atoms with E-state index in [0.29, 0.717) is 28.5 Å². The summed E-state index contributed by atoms with van der Waals surface area (Å²) in [5.74, 6) is 0.331. The molecule has 9 nitrogen and oxygen atoms in total. The van der Waals surface area contributed by atoms with Gasteiger partial charge in [-0.15, -0.1) is 0 Å². The zero-order chi connectivity index (χ0) is 29.0. The molecule has 1 aliphatic carbocycles. The number of nitrogens with two attached hydrogens (primary N) is 2. The van der Waals surface area contributed by atoms with Crippen LogP contribution in [0.15, 0.2) is 58.0 Å². The molecule has 1 aromatic heterocycles. The Bertz CT molecular complexity index is 1290. The minimum atomic E-state index is -0.894. The molecule has 0 amide bonds. The SMILES string of the molecule is C\C=C(O)/C(=C\CC)C(/N)=C/c1cc(OC2CC3(CCN(c4cc(C(C(=O)O)C(C)C)on4)CC3)C2)ccc1N. The molecular weight excluding hydrogens is 508 g/mol. The highest BCUT2D eigenvalue weighted by Gasteiger charge is 2.47. The number of ether oxygens (including phenoxy) is 1. The number of allylic oxidation sites excluding steroid dienone is 2. The van der Waals surface area contributed by atoms with Crippen LogP contribution in [0.3, 0.4) is 0 Å². The van der Waals surface area contributed by atoms with Gasteiger partial charge in [-0.05, 0) is 80.7 Å². The van der Waals surface area contributed by atoms with E-state index >= 15 is 0 Å². The number of carboxylic acid groups (broad SMARTS) is 1. The quantitative estimate of drug-likeness (QED) is 0.159. The Morgan fingerprint density at radius 3 is 2.55 bits per heavy atom. The lowest BCUT2D eigenvalue weighted by Gasteiger charge is -2.51. The van der Waals surface area contributed by atoms with Crippen molar-refractivity contribution in [3.63, 3.8) is 0 Å². The largest absolute Gasteiger partial charge is 0.508 e. The standard InChI is InChI=1S/C31H42N4O5/c1-5-7-23(26(36)6-2)25(33)15-20-14-21(8-9-24(20)32)39-22-17-31(18-22)10-12-35(13-11-31)28-16-27(40-34-28)29(19(3)4)30(37)38/h6-9,14-16,19,22,29,36H,5,10-13,17-18,32-33H2,1-4H3,(H,37,38)/b23-7-,25-15-,26-6+. The predicted octanol–water partition coefficient (Wildman–Crippen LogP) is 6.01. The summed E-state index contributed by atoms with van der Waals surface area (Å²) in [5, 5.41) is 24.0. The highest BCUT2D eigenvalue weighted by atomic mass is 16.5. The highest BCUT2D eigenvalue weighted by Crippen LogP contribution is 2.51. The number of aliphatic hydroxyl groups excluding tert-OH is 1. The lowest BCUT2D eigenvalue weighted by molar-refractivity contribution is -0.140. The first-order valence-corrected chi connectivity index (χ1v) is 14.1. The molecule has 40 heavy (non-hydrogen) atoms. The Hall–Kier alpha value is -3.88. The van der Waals surface area contributed by atoms with Gasteiger partial charge in [-0.1, -0.05) is 32.0 Å². The molecule has 9 heteroatoms. The number of hydrogen-bond acceptors (Lipinski definition) is 8. The van der Waals surface area contributed by atoms with Gasteiger partial charge >= 0.3 is 5.97 Å². The minimum Gasteiger partial charge on any atom is -0.508 e. The molecule has 0 radical (unpaired) electrons. The maximum absolute atomic E-state index is 11.6. The molecule has 216 valence electrons. The molecule has 4 rings (SSSR count). The van der Waals surface area contributed by atoms with E-state index < -0.39 is 11.9 Å². The summed E-state index contributed by atoms with van der Waals surface area (Å²) in [6.07, 6.45) is 10.2. The maximum Gasteiger partial charge on any atom is 0.314 e. The number of carbonyl (C=O) groups is 1. The summed E-state index contributed by atoms with van der Waals surface area (Å²) < 4.78 is 11.8. The summed E-state index contributed by atoms with van der Waals surface area (Å²) in [5.41, 5.74) is 15.1. The fourth-order valence-electron chi connectivity index (χ4n) is 5.84. The van der Waals surface area contributed by atoms with Gasteiger partial charge in [0.05, 0.1) is 6.10 Å². The van der Waals surface area contributed by atoms with Crippen molar-refractivity contribution in [3.8, 4) is 5.75 Å². The lowest BCUT2D eigenvalue weighted by atomic mass is 9.61. The number of anilines is 2. The van der Waals surface area contributed by atoms with Crippen LogP contribution in [-0.4, -0.2) is 40.5 Å². The van der Waals surface area contributed by atoms with Crippen molar-refractivity contribution in [1.82, 2.24) is 5.16 Å². The van der Waals surface area contributed by atoms with Crippen LogP contribution in [0.1, 0.15) is 77.0 Å². The van der Waals surface area contributed by atoms with Gasteiger partial charge in [0.25, 0.3) is 0 Å². The number of aromatic nitrogens is 1. The Kier molecular flexibility index (Phi) is 8.81. The van der Waals surface area contributed by atoms with Crippen molar-refractivity contribution in [2.45, 2.75) is 71.8 Å². The predicted molar refractivity (Wildman–Crippen MR) is 157 cm³/mol. The van der Waals surface area contributed by atoms with Crippen LogP contribution in [0.5, 0.6) is 5.75 Å². The van der Waals surface area contributed by atoms with E-state index in [1.54, 1.807) is 25.1 Å². The lowest BCUT2D eigenvalue weighted by Crippen LogP contribution is -2.51. The summed E-state index contributed by atoms with van der Waals surface area (Å²) in [7, 11) is 0. The van der Waals surface area contributed by atoms with Crippen LogP contribution in [0.2, 0.25) is 0 Å². The zero-order valence-electron chi connectivity index (χ0n) is 23.9. The van der Waals surface area contributed by atoms with Crippen molar-refractivity contribution < 1.29 is 24.3 Å². The second-order valence-electron chi connectivity index (χ2n) is 11.4. The molecule has 1 aliphatic heterocycles. The molecule has 1 aromatic carbocycles. The second-order valence-corrected chi connectivity index (χ2v) is 11.4. The van der Waals surface area contributed by atoms with Gasteiger partial charge in [-0.25, -0.2) is 0 Å². The molecule has 1 unspecified atom stereocenters. The molecule has 1 spiro atoms. The van der Waals surface area contributed by atoms with E-state index in [1.165, 1.54) is 0 Å². The summed E-state index contributed by atoms with van der Waals surface area (Å²) in [4.78, 5) is 13.8. The van der Waals surface area contributed by atoms with Crippen LogP contribution >= 0.6 is 0 Å². The Balaban J connectivity index is 1.34. The van der Waals surface area contributed by atoms with E-state index in [2.05, 4.69) is 10.1 Å². The smallest absolute Gasteiger partial charge is 0.314 e. The van der Waals surface area contributed by atoms with Crippen molar-refractivity contribution in [1.29, 1.82) is 0 Å². The van der Waals surface area contributed by atoms with Crippen LogP contribution in [0.25, 0.3) is 6.08 Å². The van der Waals surface area contributed by atoms with Crippen LogP contribution in [-0.2, 0) is 4.79 Å². The third kappa shape index (κ3) is 6.29. The number of aliphatic carboxylic acids is 1. The van der Waals surface area contributed by atoms with E-state index in [9.17, 15) is 15.0 Å². The molecule has 0 bridgehead atoms. The first-order chi connectivity index (χ1) is 19.1. The van der Waals surface area contributed by atoms with Gasteiger partial charge in [0.15, 0.2) is 11.6 Å². The number of hydrogen-bond donors (Lipinski definition) is 4. The molecule has 2 fully saturated rings. The summed E-state index contributed by atoms with van der Waals surface area (Å²) >= 11 is 0. The van der Waals surface area contributed by atoms with Gasteiger partial charge < -0.3 is 35.8 Å². The monoisotopic (exact) mass is 550 g/mol. The number of rotatable bonds is 10. The van der Waals surface area contributed by atoms with Crippen molar-refractivity contribution >= 4 is 23.6 Å². The Morgan fingerprint density at radius 2 is 1.95 bits per heavy atom. The zero-order valence-corrected chi connectivity index (χ0v) is 23.9. The summed E-state index contributed by atoms with van der Waals surface area (Å²) in [6, 6.07) is 7.38. The molecular formula is C31H42N4O5. The highest BCUT2D eigenvalue weighted by molar-refractivity contribution is 5.75. The fourth-order valence-corrected chi connectivity index (χ4v) is 5.84. The van der Waals surface area contributed by atoms with Crippen molar-refractivity contribution in [2.75, 3.05) is 23.7 Å². The molecule has 2 heterocycles. The number of nitrogen functional groups attached to an aromatic ring is 1. The molecule has 6 N–H and O–H groups in total. The number of piperidine rings is 1. The number of nitrogens with zero attached hydrogens (tertiary/aromatic N) is 2. The molecule has 2 aromatic rings. The van der Waals surface area contributed by atoms with Gasteiger partial charge in [0.2, 0.25) is 0 Å². The number of carboxylic acids is 1. The van der Waals surface area contributed by atoms with E-state index in [0.717, 1.165) is 56.5 Å².